The predicted molar refractivity (Wildman–Crippen MR) is 103 cm³/mol. The Bertz CT molecular complexity index is 1100. The van der Waals surface area contributed by atoms with E-state index >= 15 is 0 Å². The van der Waals surface area contributed by atoms with Gasteiger partial charge in [-0.1, -0.05) is 18.2 Å². The first-order chi connectivity index (χ1) is 14.3. The number of alkyl halides is 3. The molecule has 30 heavy (non-hydrogen) atoms. The van der Waals surface area contributed by atoms with Crippen LogP contribution in [-0.2, 0) is 0 Å². The summed E-state index contributed by atoms with van der Waals surface area (Å²) in [6.07, 6.45) is -4.82. The molecule has 6 nitrogen and oxygen atoms in total. The van der Waals surface area contributed by atoms with Crippen molar-refractivity contribution >= 4 is 17.5 Å². The summed E-state index contributed by atoms with van der Waals surface area (Å²) in [5.74, 6) is -0.662. The van der Waals surface area contributed by atoms with Gasteiger partial charge in [0.1, 0.15) is 29.0 Å². The quantitative estimate of drug-likeness (QED) is 0.535. The number of rotatable bonds is 6. The summed E-state index contributed by atoms with van der Waals surface area (Å²) >= 11 is 0. The molecule has 0 unspecified atom stereocenters. The van der Waals surface area contributed by atoms with Gasteiger partial charge < -0.3 is 15.4 Å². The maximum atomic E-state index is 13.9. The molecule has 1 aromatic heterocycles. The first kappa shape index (κ1) is 20.9. The number of nitrogens with zero attached hydrogens (tertiary/aromatic N) is 3. The normalized spacial score (nSPS) is 10.9. The second-order valence-corrected chi connectivity index (χ2v) is 5.97. The van der Waals surface area contributed by atoms with E-state index in [0.29, 0.717) is 17.8 Å². The van der Waals surface area contributed by atoms with E-state index in [1.165, 1.54) is 36.4 Å². The average Bonchev–Trinajstić information content (AvgIpc) is 2.67. The number of nitrogens with one attached hydrogen (secondary N) is 2. The van der Waals surface area contributed by atoms with Crippen LogP contribution < -0.4 is 15.4 Å². The van der Waals surface area contributed by atoms with Gasteiger partial charge in [0.15, 0.2) is 0 Å². The molecule has 0 aliphatic heterocycles. The third kappa shape index (κ3) is 5.14. The van der Waals surface area contributed by atoms with Crippen molar-refractivity contribution < 1.29 is 22.3 Å². The molecule has 0 saturated carbocycles. The number of hydrogen-bond acceptors (Lipinski definition) is 6. The van der Waals surface area contributed by atoms with Crippen molar-refractivity contribution in [2.75, 3.05) is 17.2 Å². The third-order valence-electron chi connectivity index (χ3n) is 3.81. The van der Waals surface area contributed by atoms with E-state index in [1.807, 2.05) is 6.92 Å². The fraction of sp³-hybridized carbons (Fsp3) is 0.150. The van der Waals surface area contributed by atoms with Crippen molar-refractivity contribution in [3.8, 4) is 23.1 Å². The van der Waals surface area contributed by atoms with Crippen molar-refractivity contribution in [3.05, 3.63) is 59.9 Å². The van der Waals surface area contributed by atoms with Crippen LogP contribution in [0.2, 0.25) is 0 Å². The lowest BCUT2D eigenvalue weighted by molar-refractivity contribution is -0.274. The highest BCUT2D eigenvalue weighted by Crippen LogP contribution is 2.30. The van der Waals surface area contributed by atoms with Crippen LogP contribution in [0.5, 0.6) is 5.75 Å². The van der Waals surface area contributed by atoms with Crippen LogP contribution in [0.4, 0.5) is 35.0 Å². The number of ether oxygens (including phenoxy) is 1. The fourth-order valence-corrected chi connectivity index (χ4v) is 2.63. The monoisotopic (exact) mass is 417 g/mol. The summed E-state index contributed by atoms with van der Waals surface area (Å²) in [5, 5.41) is 15.0. The van der Waals surface area contributed by atoms with Crippen LogP contribution >= 0.6 is 0 Å². The molecular weight excluding hydrogens is 402 g/mol. The average molecular weight is 417 g/mol. The Kier molecular flexibility index (Phi) is 6.01. The number of halogens is 4. The van der Waals surface area contributed by atoms with Crippen molar-refractivity contribution in [3.63, 3.8) is 0 Å². The van der Waals surface area contributed by atoms with Crippen LogP contribution in [0.3, 0.4) is 0 Å². The summed E-state index contributed by atoms with van der Waals surface area (Å²) < 4.78 is 55.4. The van der Waals surface area contributed by atoms with Gasteiger partial charge in [0.2, 0.25) is 5.95 Å². The molecular formula is C20H15F4N5O. The Morgan fingerprint density at radius 1 is 1.10 bits per heavy atom. The molecule has 2 aromatic carbocycles. The molecule has 3 aromatic rings. The van der Waals surface area contributed by atoms with Crippen molar-refractivity contribution in [1.29, 1.82) is 5.26 Å². The predicted octanol–water partition coefficient (Wildman–Crippen LogP) is 5.23. The van der Waals surface area contributed by atoms with Crippen molar-refractivity contribution in [1.82, 2.24) is 9.97 Å². The molecule has 2 N–H and O–H groups in total. The first-order valence-electron chi connectivity index (χ1n) is 8.74. The standard InChI is InChI=1S/C20H15F4N5O/c1-2-26-19-28-17(12-5-3-6-13(9-12)30-20(22,23)24)10-18(29-19)27-16-8-4-7-15(21)14(16)11-25/h3-10H,2H2,1H3,(H2,26,27,28,29). The summed E-state index contributed by atoms with van der Waals surface area (Å²) in [6.45, 7) is 2.31. The van der Waals surface area contributed by atoms with E-state index in [-0.39, 0.29) is 23.0 Å². The largest absolute Gasteiger partial charge is 0.573 e. The lowest BCUT2D eigenvalue weighted by Gasteiger charge is -2.13. The lowest BCUT2D eigenvalue weighted by Crippen LogP contribution is -2.17. The second-order valence-electron chi connectivity index (χ2n) is 5.97. The second kappa shape index (κ2) is 8.65. The summed E-state index contributed by atoms with van der Waals surface area (Å²) in [6, 6.07) is 12.7. The summed E-state index contributed by atoms with van der Waals surface area (Å²) in [4.78, 5) is 8.55. The van der Waals surface area contributed by atoms with Crippen LogP contribution in [0, 0.1) is 17.1 Å². The van der Waals surface area contributed by atoms with Crippen LogP contribution in [0.15, 0.2) is 48.5 Å². The van der Waals surface area contributed by atoms with E-state index in [4.69, 9.17) is 0 Å². The number of nitriles is 1. The Labute approximate surface area is 169 Å². The first-order valence-corrected chi connectivity index (χ1v) is 8.74. The zero-order valence-corrected chi connectivity index (χ0v) is 15.6. The van der Waals surface area contributed by atoms with E-state index < -0.39 is 17.9 Å². The van der Waals surface area contributed by atoms with Gasteiger partial charge in [-0.25, -0.2) is 9.37 Å². The van der Waals surface area contributed by atoms with Gasteiger partial charge in [-0.2, -0.15) is 10.2 Å². The molecule has 0 spiro atoms. The van der Waals surface area contributed by atoms with Gasteiger partial charge in [0, 0.05) is 18.2 Å². The van der Waals surface area contributed by atoms with E-state index in [2.05, 4.69) is 25.3 Å². The molecule has 0 aliphatic rings. The van der Waals surface area contributed by atoms with Crippen LogP contribution in [-0.4, -0.2) is 22.9 Å². The van der Waals surface area contributed by atoms with Gasteiger partial charge in [-0.3, -0.25) is 0 Å². The fourth-order valence-electron chi connectivity index (χ4n) is 2.63. The Morgan fingerprint density at radius 3 is 2.57 bits per heavy atom. The topological polar surface area (TPSA) is 82.9 Å². The number of hydrogen-bond donors (Lipinski definition) is 2. The molecule has 1 heterocycles. The highest BCUT2D eigenvalue weighted by Gasteiger charge is 2.31. The summed E-state index contributed by atoms with van der Waals surface area (Å²) in [7, 11) is 0. The van der Waals surface area contributed by atoms with E-state index in [1.54, 1.807) is 12.1 Å². The van der Waals surface area contributed by atoms with Crippen LogP contribution in [0.25, 0.3) is 11.3 Å². The molecule has 3 rings (SSSR count). The van der Waals surface area contributed by atoms with Gasteiger partial charge in [0.05, 0.1) is 11.4 Å². The number of benzene rings is 2. The molecule has 0 atom stereocenters. The van der Waals surface area contributed by atoms with Crippen molar-refractivity contribution in [2.24, 2.45) is 0 Å². The SMILES string of the molecule is CCNc1nc(Nc2cccc(F)c2C#N)cc(-c2cccc(OC(F)(F)F)c2)n1. The zero-order chi connectivity index (χ0) is 21.7. The van der Waals surface area contributed by atoms with Gasteiger partial charge in [-0.05, 0) is 31.2 Å². The number of aromatic nitrogens is 2. The summed E-state index contributed by atoms with van der Waals surface area (Å²) in [5.41, 5.74) is 0.647. The Morgan fingerprint density at radius 2 is 1.87 bits per heavy atom. The lowest BCUT2D eigenvalue weighted by atomic mass is 10.1. The van der Waals surface area contributed by atoms with Gasteiger partial charge in [-0.15, -0.1) is 13.2 Å². The minimum atomic E-state index is -4.82. The van der Waals surface area contributed by atoms with E-state index in [9.17, 15) is 22.8 Å². The molecule has 10 heteroatoms. The maximum Gasteiger partial charge on any atom is 0.573 e. The maximum absolute atomic E-state index is 13.9. The Hall–Kier alpha value is -3.87. The number of anilines is 3. The highest BCUT2D eigenvalue weighted by atomic mass is 19.4. The molecule has 154 valence electrons. The third-order valence-corrected chi connectivity index (χ3v) is 3.81. The highest BCUT2D eigenvalue weighted by molar-refractivity contribution is 5.70. The molecule has 0 bridgehead atoms. The molecule has 0 radical (unpaired) electrons. The van der Waals surface area contributed by atoms with Gasteiger partial charge in [0.25, 0.3) is 0 Å². The zero-order valence-electron chi connectivity index (χ0n) is 15.6. The van der Waals surface area contributed by atoms with Crippen LogP contribution in [0.1, 0.15) is 12.5 Å². The minimum Gasteiger partial charge on any atom is -0.406 e. The smallest absolute Gasteiger partial charge is 0.406 e. The Balaban J connectivity index is 2.01. The molecule has 0 aliphatic carbocycles. The van der Waals surface area contributed by atoms with Crippen molar-refractivity contribution in [2.45, 2.75) is 13.3 Å². The molecule has 0 fully saturated rings. The van der Waals surface area contributed by atoms with E-state index in [0.717, 1.165) is 6.07 Å². The minimum absolute atomic E-state index is 0.191. The van der Waals surface area contributed by atoms with Gasteiger partial charge >= 0.3 is 6.36 Å². The molecule has 0 saturated heterocycles. The molecule has 0 amide bonds.